The van der Waals surface area contributed by atoms with Crippen LogP contribution in [0.2, 0.25) is 5.02 Å². The van der Waals surface area contributed by atoms with Gasteiger partial charge < -0.3 is 10.5 Å². The molecule has 0 radical (unpaired) electrons. The van der Waals surface area contributed by atoms with Gasteiger partial charge in [0.15, 0.2) is 0 Å². The number of hydrogen-bond donors (Lipinski definition) is 1. The van der Waals surface area contributed by atoms with E-state index in [2.05, 4.69) is 4.90 Å². The Bertz CT molecular complexity index is 516. The second-order valence-corrected chi connectivity index (χ2v) is 5.71. The maximum atomic E-state index is 11.1. The van der Waals surface area contributed by atoms with E-state index in [4.69, 9.17) is 22.1 Å². The zero-order valence-corrected chi connectivity index (χ0v) is 14.0. The maximum absolute atomic E-state index is 11.1. The lowest BCUT2D eigenvalue weighted by atomic mass is 9.98. The largest absolute Gasteiger partial charge is 0.381 e. The molecule has 0 aliphatic carbocycles. The molecule has 2 rings (SSSR count). The number of nitrogens with two attached hydrogens (primary N) is 1. The van der Waals surface area contributed by atoms with Crippen LogP contribution in [0, 0.1) is 10.1 Å². The van der Waals surface area contributed by atoms with Crippen molar-refractivity contribution in [1.82, 2.24) is 4.90 Å². The first-order valence-corrected chi connectivity index (χ1v) is 7.32. The molecule has 1 aromatic carbocycles. The van der Waals surface area contributed by atoms with Gasteiger partial charge in [-0.3, -0.25) is 15.0 Å². The summed E-state index contributed by atoms with van der Waals surface area (Å²) in [4.78, 5) is 12.9. The number of benzene rings is 1. The topological polar surface area (TPSA) is 81.6 Å². The lowest BCUT2D eigenvalue weighted by Crippen LogP contribution is -2.48. The molecule has 2 unspecified atom stereocenters. The Morgan fingerprint density at radius 1 is 1.55 bits per heavy atom. The third kappa shape index (κ3) is 4.54. The van der Waals surface area contributed by atoms with Crippen LogP contribution >= 0.6 is 24.0 Å². The van der Waals surface area contributed by atoms with Crippen molar-refractivity contribution >= 4 is 29.7 Å². The van der Waals surface area contributed by atoms with Crippen molar-refractivity contribution in [2.45, 2.75) is 31.5 Å². The second kappa shape index (κ2) is 8.64. The van der Waals surface area contributed by atoms with Crippen LogP contribution in [0.15, 0.2) is 18.2 Å². The van der Waals surface area contributed by atoms with Gasteiger partial charge in [0.25, 0.3) is 5.69 Å². The van der Waals surface area contributed by atoms with E-state index in [1.807, 2.05) is 0 Å². The molecule has 2 N–H and O–H groups in total. The molecule has 1 saturated heterocycles. The second-order valence-electron chi connectivity index (χ2n) is 5.27. The number of piperidine rings is 1. The Hall–Kier alpha value is -0.920. The Morgan fingerprint density at radius 2 is 2.27 bits per heavy atom. The fourth-order valence-corrected chi connectivity index (χ4v) is 2.96. The molecule has 0 aromatic heterocycles. The zero-order valence-electron chi connectivity index (χ0n) is 12.4. The Balaban J connectivity index is 0.00000242. The summed E-state index contributed by atoms with van der Waals surface area (Å²) in [7, 11) is 1.71. The van der Waals surface area contributed by atoms with Gasteiger partial charge in [-0.25, -0.2) is 0 Å². The van der Waals surface area contributed by atoms with Gasteiger partial charge in [-0.2, -0.15) is 0 Å². The number of methoxy groups -OCH3 is 1. The van der Waals surface area contributed by atoms with Gasteiger partial charge in [0, 0.05) is 49.4 Å². The Morgan fingerprint density at radius 3 is 2.86 bits per heavy atom. The first kappa shape index (κ1) is 19.1. The number of rotatable bonds is 5. The summed E-state index contributed by atoms with van der Waals surface area (Å²) in [5.74, 6) is 0. The van der Waals surface area contributed by atoms with E-state index in [9.17, 15) is 10.1 Å². The van der Waals surface area contributed by atoms with Gasteiger partial charge in [-0.1, -0.05) is 11.6 Å². The molecule has 0 spiro atoms. The Kier molecular flexibility index (Phi) is 7.52. The van der Waals surface area contributed by atoms with Crippen molar-refractivity contribution in [2.24, 2.45) is 5.73 Å². The highest BCUT2D eigenvalue weighted by Crippen LogP contribution is 2.27. The molecule has 8 heteroatoms. The molecule has 2 atom stereocenters. The fraction of sp³-hybridized carbons (Fsp3) is 0.571. The Labute approximate surface area is 141 Å². The third-order valence-electron chi connectivity index (χ3n) is 4.01. The summed E-state index contributed by atoms with van der Waals surface area (Å²) in [5, 5.41) is 11.5. The van der Waals surface area contributed by atoms with Crippen LogP contribution in [0.3, 0.4) is 0 Å². The number of halogens is 2. The predicted molar refractivity (Wildman–Crippen MR) is 88.6 cm³/mol. The van der Waals surface area contributed by atoms with Crippen LogP contribution in [0.4, 0.5) is 5.69 Å². The highest BCUT2D eigenvalue weighted by Gasteiger charge is 2.29. The summed E-state index contributed by atoms with van der Waals surface area (Å²) >= 11 is 5.84. The van der Waals surface area contributed by atoms with Crippen LogP contribution in [0.25, 0.3) is 0 Å². The molecule has 0 bridgehead atoms. The average Bonchev–Trinajstić information content (AvgIpc) is 2.49. The molecule has 0 saturated carbocycles. The summed E-state index contributed by atoms with van der Waals surface area (Å²) in [6.07, 6.45) is 1.98. The van der Waals surface area contributed by atoms with Crippen molar-refractivity contribution in [2.75, 3.05) is 20.2 Å². The highest BCUT2D eigenvalue weighted by atomic mass is 35.5. The van der Waals surface area contributed by atoms with Gasteiger partial charge in [0.1, 0.15) is 0 Å². The molecule has 1 heterocycles. The smallest absolute Gasteiger partial charge is 0.275 e. The van der Waals surface area contributed by atoms with Gasteiger partial charge in [-0.15, -0.1) is 12.4 Å². The van der Waals surface area contributed by atoms with E-state index in [0.29, 0.717) is 23.7 Å². The summed E-state index contributed by atoms with van der Waals surface area (Å²) in [5.41, 5.74) is 6.56. The molecule has 1 aromatic rings. The van der Waals surface area contributed by atoms with Crippen LogP contribution in [-0.4, -0.2) is 42.2 Å². The van der Waals surface area contributed by atoms with E-state index in [1.54, 1.807) is 19.2 Å². The summed E-state index contributed by atoms with van der Waals surface area (Å²) in [6.45, 7) is 1.84. The number of ether oxygens (including phenoxy) is 1. The average molecular weight is 350 g/mol. The molecule has 6 nitrogen and oxygen atoms in total. The van der Waals surface area contributed by atoms with E-state index in [0.717, 1.165) is 19.4 Å². The van der Waals surface area contributed by atoms with Gasteiger partial charge >= 0.3 is 0 Å². The van der Waals surface area contributed by atoms with E-state index < -0.39 is 0 Å². The van der Waals surface area contributed by atoms with E-state index in [1.165, 1.54) is 6.07 Å². The normalized spacial score (nSPS) is 22.1. The monoisotopic (exact) mass is 349 g/mol. The number of likely N-dealkylation sites (tertiary alicyclic amines) is 1. The van der Waals surface area contributed by atoms with Crippen molar-refractivity contribution in [3.8, 4) is 0 Å². The molecule has 22 heavy (non-hydrogen) atoms. The fourth-order valence-electron chi connectivity index (χ4n) is 2.79. The molecular formula is C14H21Cl2N3O3. The van der Waals surface area contributed by atoms with E-state index >= 15 is 0 Å². The van der Waals surface area contributed by atoms with Gasteiger partial charge in [-0.05, 0) is 25.0 Å². The minimum absolute atomic E-state index is 0. The third-order valence-corrected chi connectivity index (χ3v) is 4.25. The molecule has 1 aliphatic heterocycles. The van der Waals surface area contributed by atoms with Gasteiger partial charge in [0.05, 0.1) is 11.0 Å². The molecule has 0 amide bonds. The predicted octanol–water partition coefficient (Wildman–Crippen LogP) is 2.61. The lowest BCUT2D eigenvalue weighted by Gasteiger charge is -2.38. The molecular weight excluding hydrogens is 329 g/mol. The van der Waals surface area contributed by atoms with Gasteiger partial charge in [0.2, 0.25) is 0 Å². The molecule has 1 aliphatic rings. The van der Waals surface area contributed by atoms with Crippen LogP contribution < -0.4 is 5.73 Å². The number of nitro benzene ring substituents is 1. The first-order chi connectivity index (χ1) is 10.0. The number of hydrogen-bond acceptors (Lipinski definition) is 5. The van der Waals surface area contributed by atoms with Crippen LogP contribution in [-0.2, 0) is 11.3 Å². The molecule has 1 fully saturated rings. The summed E-state index contributed by atoms with van der Waals surface area (Å²) < 4.78 is 5.39. The molecule has 124 valence electrons. The van der Waals surface area contributed by atoms with E-state index in [-0.39, 0.29) is 35.2 Å². The lowest BCUT2D eigenvalue weighted by molar-refractivity contribution is -0.385. The van der Waals surface area contributed by atoms with Crippen molar-refractivity contribution in [3.63, 3.8) is 0 Å². The standard InChI is InChI=1S/C14H20ClN3O3.ClH/c1-21-13-4-5-17(12(7-13)8-16)9-10-2-3-11(15)6-14(10)18(19)20;/h2-3,6,12-13H,4-5,7-9,16H2,1H3;1H. The minimum Gasteiger partial charge on any atom is -0.381 e. The maximum Gasteiger partial charge on any atom is 0.275 e. The minimum atomic E-state index is -0.388. The zero-order chi connectivity index (χ0) is 15.4. The SMILES string of the molecule is COC1CCN(Cc2ccc(Cl)cc2[N+](=O)[O-])C(CN)C1.Cl. The first-order valence-electron chi connectivity index (χ1n) is 6.95. The van der Waals surface area contributed by atoms with Crippen molar-refractivity contribution in [3.05, 3.63) is 38.9 Å². The summed E-state index contributed by atoms with van der Waals surface area (Å²) in [6, 6.07) is 4.98. The van der Waals surface area contributed by atoms with Crippen molar-refractivity contribution < 1.29 is 9.66 Å². The highest BCUT2D eigenvalue weighted by molar-refractivity contribution is 6.30. The number of nitro groups is 1. The van der Waals surface area contributed by atoms with Crippen LogP contribution in [0.5, 0.6) is 0 Å². The number of nitrogens with zero attached hydrogens (tertiary/aromatic N) is 2. The van der Waals surface area contributed by atoms with Crippen LogP contribution in [0.1, 0.15) is 18.4 Å². The quantitative estimate of drug-likeness (QED) is 0.652. The van der Waals surface area contributed by atoms with Crippen molar-refractivity contribution in [1.29, 1.82) is 0 Å².